The van der Waals surface area contributed by atoms with Gasteiger partial charge >= 0.3 is 0 Å². The summed E-state index contributed by atoms with van der Waals surface area (Å²) >= 11 is 0. The summed E-state index contributed by atoms with van der Waals surface area (Å²) in [6, 6.07) is 15.7. The summed E-state index contributed by atoms with van der Waals surface area (Å²) in [7, 11) is 4.09. The van der Waals surface area contributed by atoms with Crippen LogP contribution in [-0.4, -0.2) is 52.7 Å². The molecule has 1 aliphatic heterocycles. The zero-order chi connectivity index (χ0) is 21.1. The zero-order valence-electron chi connectivity index (χ0n) is 17.9. The van der Waals surface area contributed by atoms with E-state index in [9.17, 15) is 9.18 Å². The number of nitrogens with one attached hydrogen (secondary N) is 2. The van der Waals surface area contributed by atoms with E-state index in [0.717, 1.165) is 44.7 Å². The van der Waals surface area contributed by atoms with E-state index in [0.29, 0.717) is 6.54 Å². The number of hydrogen-bond donors (Lipinski definition) is 2. The van der Waals surface area contributed by atoms with E-state index in [1.165, 1.54) is 28.3 Å². The molecule has 2 N–H and O–H groups in total. The van der Waals surface area contributed by atoms with Crippen molar-refractivity contribution in [3.05, 3.63) is 59.9 Å². The predicted molar refractivity (Wildman–Crippen MR) is 119 cm³/mol. The van der Waals surface area contributed by atoms with Gasteiger partial charge in [0, 0.05) is 37.0 Å². The maximum absolute atomic E-state index is 13.2. The molecule has 0 aromatic heterocycles. The molecule has 1 atom stereocenters. The van der Waals surface area contributed by atoms with E-state index in [2.05, 4.69) is 39.4 Å². The first kappa shape index (κ1) is 20.7. The number of halogens is 1. The second kappa shape index (κ2) is 9.04. The maximum atomic E-state index is 13.2. The first-order valence-corrected chi connectivity index (χ1v) is 10.9. The number of carbonyl (C=O) groups excluding carboxylic acids is 1. The van der Waals surface area contributed by atoms with E-state index in [4.69, 9.17) is 0 Å². The number of nitrogens with zero attached hydrogens (tertiary/aromatic N) is 2. The molecule has 0 radical (unpaired) electrons. The molecule has 1 heterocycles. The lowest BCUT2D eigenvalue weighted by molar-refractivity contribution is -0.931. The van der Waals surface area contributed by atoms with Crippen LogP contribution in [0.25, 0.3) is 0 Å². The predicted octanol–water partition coefficient (Wildman–Crippen LogP) is 1.86. The molecule has 2 aromatic carbocycles. The Kier molecular flexibility index (Phi) is 6.23. The number of benzene rings is 2. The molecule has 5 nitrogen and oxygen atoms in total. The Bertz CT molecular complexity index is 841. The van der Waals surface area contributed by atoms with Gasteiger partial charge in [0.2, 0.25) is 5.91 Å². The average Bonchev–Trinajstić information content (AvgIpc) is 3.61. The molecule has 160 valence electrons. The van der Waals surface area contributed by atoms with Gasteiger partial charge in [0.05, 0.1) is 32.7 Å². The monoisotopic (exact) mass is 411 g/mol. The number of carbonyl (C=O) groups is 1. The smallest absolute Gasteiger partial charge is 0.223 e. The second-order valence-electron chi connectivity index (χ2n) is 8.68. The van der Waals surface area contributed by atoms with Crippen LogP contribution in [0.5, 0.6) is 0 Å². The van der Waals surface area contributed by atoms with Crippen LogP contribution < -0.4 is 20.0 Å². The lowest BCUT2D eigenvalue weighted by Gasteiger charge is -2.38. The fraction of sp³-hybridized carbons (Fsp3) is 0.458. The van der Waals surface area contributed by atoms with Crippen molar-refractivity contribution in [2.24, 2.45) is 5.92 Å². The number of rotatable bonds is 7. The van der Waals surface area contributed by atoms with Crippen LogP contribution >= 0.6 is 0 Å². The Morgan fingerprint density at radius 1 is 1.10 bits per heavy atom. The van der Waals surface area contributed by atoms with E-state index in [-0.39, 0.29) is 23.7 Å². The molecule has 6 heteroatoms. The van der Waals surface area contributed by atoms with Crippen LogP contribution in [0.15, 0.2) is 48.5 Å². The molecular weight excluding hydrogens is 379 g/mol. The number of amides is 1. The van der Waals surface area contributed by atoms with Gasteiger partial charge < -0.3 is 20.0 Å². The van der Waals surface area contributed by atoms with Crippen LogP contribution in [0.1, 0.15) is 24.4 Å². The Labute approximate surface area is 178 Å². The second-order valence-corrected chi connectivity index (χ2v) is 8.68. The van der Waals surface area contributed by atoms with Crippen LogP contribution in [0.3, 0.4) is 0 Å². The Balaban J connectivity index is 1.44. The lowest BCUT2D eigenvalue weighted by Crippen LogP contribution is -3.15. The molecule has 4 rings (SSSR count). The highest BCUT2D eigenvalue weighted by Crippen LogP contribution is 2.29. The minimum absolute atomic E-state index is 0.198. The number of piperazine rings is 1. The van der Waals surface area contributed by atoms with Gasteiger partial charge in [0.1, 0.15) is 11.9 Å². The Morgan fingerprint density at radius 3 is 2.30 bits per heavy atom. The van der Waals surface area contributed by atoms with Gasteiger partial charge in [-0.25, -0.2) is 4.39 Å². The standard InChI is InChI=1S/C24H31FN4O/c1-27(2)21-9-5-18(6-10-21)23(17-26-24(30)19-3-4-19)29-15-13-28(14-16-29)22-11-7-20(25)8-12-22/h5-12,19,23H,3-4,13-17H2,1-2H3,(H,26,30)/p+1/t23-/m1/s1. The molecule has 2 aliphatic rings. The third-order valence-corrected chi connectivity index (χ3v) is 6.33. The highest BCUT2D eigenvalue weighted by Gasteiger charge is 2.33. The van der Waals surface area contributed by atoms with Crippen molar-refractivity contribution in [2.45, 2.75) is 18.9 Å². The van der Waals surface area contributed by atoms with Gasteiger partial charge in [-0.05, 0) is 49.2 Å². The fourth-order valence-corrected chi connectivity index (χ4v) is 4.25. The van der Waals surface area contributed by atoms with Crippen molar-refractivity contribution in [1.29, 1.82) is 0 Å². The molecule has 1 amide bonds. The Morgan fingerprint density at radius 2 is 1.73 bits per heavy atom. The number of anilines is 2. The van der Waals surface area contributed by atoms with Gasteiger partial charge in [-0.3, -0.25) is 4.79 Å². The average molecular weight is 412 g/mol. The van der Waals surface area contributed by atoms with E-state index < -0.39 is 0 Å². The number of quaternary nitrogens is 1. The van der Waals surface area contributed by atoms with Crippen LogP contribution in [0.4, 0.5) is 15.8 Å². The van der Waals surface area contributed by atoms with Gasteiger partial charge in [-0.15, -0.1) is 0 Å². The molecule has 2 aromatic rings. The maximum Gasteiger partial charge on any atom is 0.223 e. The van der Waals surface area contributed by atoms with Crippen LogP contribution in [0.2, 0.25) is 0 Å². The molecule has 0 spiro atoms. The molecular formula is C24H32FN4O+. The molecule has 1 saturated heterocycles. The summed E-state index contributed by atoms with van der Waals surface area (Å²) < 4.78 is 13.2. The van der Waals surface area contributed by atoms with Crippen molar-refractivity contribution in [2.75, 3.05) is 56.6 Å². The van der Waals surface area contributed by atoms with Crippen LogP contribution in [0, 0.1) is 11.7 Å². The zero-order valence-corrected chi connectivity index (χ0v) is 17.9. The minimum Gasteiger partial charge on any atom is -0.378 e. The van der Waals surface area contributed by atoms with Crippen molar-refractivity contribution in [3.63, 3.8) is 0 Å². The lowest BCUT2D eigenvalue weighted by atomic mass is 10.0. The molecule has 0 bridgehead atoms. The van der Waals surface area contributed by atoms with Crippen molar-refractivity contribution >= 4 is 17.3 Å². The summed E-state index contributed by atoms with van der Waals surface area (Å²) in [6.07, 6.45) is 2.05. The highest BCUT2D eigenvalue weighted by molar-refractivity contribution is 5.80. The summed E-state index contributed by atoms with van der Waals surface area (Å²) in [5, 5.41) is 3.20. The Hall–Kier alpha value is -2.60. The minimum atomic E-state index is -0.198. The summed E-state index contributed by atoms with van der Waals surface area (Å²) in [5.74, 6) is 0.233. The summed E-state index contributed by atoms with van der Waals surface area (Å²) in [4.78, 5) is 18.2. The fourth-order valence-electron chi connectivity index (χ4n) is 4.25. The molecule has 1 saturated carbocycles. The topological polar surface area (TPSA) is 40.0 Å². The van der Waals surface area contributed by atoms with E-state index in [1.807, 2.05) is 26.2 Å². The summed E-state index contributed by atoms with van der Waals surface area (Å²) in [5.41, 5.74) is 3.52. The first-order valence-electron chi connectivity index (χ1n) is 10.9. The molecule has 1 aliphatic carbocycles. The first-order chi connectivity index (χ1) is 14.5. The van der Waals surface area contributed by atoms with Crippen molar-refractivity contribution in [1.82, 2.24) is 5.32 Å². The SMILES string of the molecule is CN(C)c1ccc([C@@H](CNC(=O)C2CC2)[NH+]2CCN(c3ccc(F)cc3)CC2)cc1. The van der Waals surface area contributed by atoms with Crippen LogP contribution in [-0.2, 0) is 4.79 Å². The normalized spacial score (nSPS) is 18.2. The quantitative estimate of drug-likeness (QED) is 0.731. The third kappa shape index (κ3) is 4.93. The number of hydrogen-bond acceptors (Lipinski definition) is 3. The van der Waals surface area contributed by atoms with E-state index in [1.54, 1.807) is 0 Å². The van der Waals surface area contributed by atoms with Crippen molar-refractivity contribution in [3.8, 4) is 0 Å². The van der Waals surface area contributed by atoms with Gasteiger partial charge in [0.25, 0.3) is 0 Å². The van der Waals surface area contributed by atoms with Gasteiger partial charge in [-0.1, -0.05) is 12.1 Å². The van der Waals surface area contributed by atoms with Crippen molar-refractivity contribution < 1.29 is 14.1 Å². The largest absolute Gasteiger partial charge is 0.378 e. The molecule has 2 fully saturated rings. The molecule has 0 unspecified atom stereocenters. The van der Waals surface area contributed by atoms with Gasteiger partial charge in [0.15, 0.2) is 0 Å². The highest BCUT2D eigenvalue weighted by atomic mass is 19.1. The molecule has 30 heavy (non-hydrogen) atoms. The summed E-state index contributed by atoms with van der Waals surface area (Å²) in [6.45, 7) is 4.48. The van der Waals surface area contributed by atoms with E-state index >= 15 is 0 Å². The van der Waals surface area contributed by atoms with Gasteiger partial charge in [-0.2, -0.15) is 0 Å². The third-order valence-electron chi connectivity index (χ3n) is 6.33.